The van der Waals surface area contributed by atoms with Crippen LogP contribution in [0.5, 0.6) is 0 Å². The Morgan fingerprint density at radius 2 is 2.29 bits per heavy atom. The predicted molar refractivity (Wildman–Crippen MR) is 65.5 cm³/mol. The number of rotatable bonds is 6. The van der Waals surface area contributed by atoms with Crippen molar-refractivity contribution < 1.29 is 9.90 Å². The van der Waals surface area contributed by atoms with Gasteiger partial charge in [0.05, 0.1) is 17.6 Å². The molecule has 0 saturated carbocycles. The number of carboxylic acids is 1. The second kappa shape index (κ2) is 6.70. The minimum absolute atomic E-state index is 0.344. The van der Waals surface area contributed by atoms with Crippen molar-refractivity contribution in [3.05, 3.63) is 35.4 Å². The summed E-state index contributed by atoms with van der Waals surface area (Å²) in [6, 6.07) is 9.23. The lowest BCUT2D eigenvalue weighted by atomic mass is 9.93. The largest absolute Gasteiger partial charge is 0.481 e. The normalized spacial score (nSPS) is 11.8. The molecule has 1 aromatic rings. The van der Waals surface area contributed by atoms with Gasteiger partial charge in [0.15, 0.2) is 0 Å². The number of benzene rings is 1. The molecule has 0 bridgehead atoms. The summed E-state index contributed by atoms with van der Waals surface area (Å²) in [5.74, 6) is -1.09. The molecule has 3 heteroatoms. The third-order valence-electron chi connectivity index (χ3n) is 2.79. The van der Waals surface area contributed by atoms with Gasteiger partial charge in [-0.15, -0.1) is 0 Å². The highest BCUT2D eigenvalue weighted by Crippen LogP contribution is 2.16. The average molecular weight is 231 g/mol. The average Bonchev–Trinajstić information content (AvgIpc) is 2.34. The maximum Gasteiger partial charge on any atom is 0.306 e. The molecule has 0 aliphatic rings. The molecule has 0 aliphatic heterocycles. The van der Waals surface area contributed by atoms with Crippen LogP contribution in [0.15, 0.2) is 24.3 Å². The molecule has 1 N–H and O–H groups in total. The Morgan fingerprint density at radius 3 is 2.88 bits per heavy atom. The van der Waals surface area contributed by atoms with Crippen LogP contribution in [-0.4, -0.2) is 11.1 Å². The first-order valence-corrected chi connectivity index (χ1v) is 5.89. The highest BCUT2D eigenvalue weighted by Gasteiger charge is 2.17. The van der Waals surface area contributed by atoms with E-state index in [-0.39, 0.29) is 5.92 Å². The van der Waals surface area contributed by atoms with Crippen LogP contribution in [-0.2, 0) is 11.2 Å². The van der Waals surface area contributed by atoms with Gasteiger partial charge in [-0.2, -0.15) is 5.26 Å². The van der Waals surface area contributed by atoms with Crippen molar-refractivity contribution in [2.45, 2.75) is 32.6 Å². The standard InChI is InChI=1S/C14H17NO2/c1-2-3-7-13(14(16)17)9-11-5-4-6-12(8-11)10-15/h4-6,8,13H,2-3,7,9H2,1H3,(H,16,17)/t13-/m1/s1. The van der Waals surface area contributed by atoms with Crippen LogP contribution in [0.4, 0.5) is 0 Å². The van der Waals surface area contributed by atoms with Crippen molar-refractivity contribution in [1.82, 2.24) is 0 Å². The first-order chi connectivity index (χ1) is 8.17. The monoisotopic (exact) mass is 231 g/mol. The van der Waals surface area contributed by atoms with Gasteiger partial charge in [0.25, 0.3) is 0 Å². The third kappa shape index (κ3) is 4.28. The maximum atomic E-state index is 11.1. The molecule has 0 amide bonds. The van der Waals surface area contributed by atoms with Crippen LogP contribution >= 0.6 is 0 Å². The summed E-state index contributed by atoms with van der Waals surface area (Å²) in [5.41, 5.74) is 1.51. The minimum Gasteiger partial charge on any atom is -0.481 e. The zero-order chi connectivity index (χ0) is 12.7. The summed E-state index contributed by atoms with van der Waals surface area (Å²) < 4.78 is 0. The van der Waals surface area contributed by atoms with Crippen molar-refractivity contribution in [2.75, 3.05) is 0 Å². The molecule has 0 heterocycles. The van der Waals surface area contributed by atoms with E-state index in [4.69, 9.17) is 10.4 Å². The van der Waals surface area contributed by atoms with E-state index in [2.05, 4.69) is 13.0 Å². The lowest BCUT2D eigenvalue weighted by Gasteiger charge is -2.11. The van der Waals surface area contributed by atoms with Gasteiger partial charge >= 0.3 is 5.97 Å². The summed E-state index contributed by atoms with van der Waals surface area (Å²) in [5, 5.41) is 17.9. The van der Waals surface area contributed by atoms with Crippen LogP contribution in [0.3, 0.4) is 0 Å². The van der Waals surface area contributed by atoms with Gasteiger partial charge in [-0.3, -0.25) is 4.79 Å². The van der Waals surface area contributed by atoms with E-state index >= 15 is 0 Å². The molecule has 90 valence electrons. The number of carbonyl (C=O) groups is 1. The molecule has 0 aliphatic carbocycles. The van der Waals surface area contributed by atoms with Crippen LogP contribution in [0.2, 0.25) is 0 Å². The van der Waals surface area contributed by atoms with E-state index in [9.17, 15) is 4.79 Å². The van der Waals surface area contributed by atoms with Gasteiger partial charge in [-0.1, -0.05) is 31.9 Å². The Balaban J connectivity index is 2.72. The van der Waals surface area contributed by atoms with Crippen LogP contribution < -0.4 is 0 Å². The lowest BCUT2D eigenvalue weighted by Crippen LogP contribution is -2.16. The molecule has 0 saturated heterocycles. The first kappa shape index (κ1) is 13.2. The van der Waals surface area contributed by atoms with Crippen molar-refractivity contribution in [3.8, 4) is 6.07 Å². The fourth-order valence-electron chi connectivity index (χ4n) is 1.82. The Kier molecular flexibility index (Phi) is 5.22. The highest BCUT2D eigenvalue weighted by molar-refractivity contribution is 5.70. The molecule has 0 radical (unpaired) electrons. The van der Waals surface area contributed by atoms with Crippen molar-refractivity contribution >= 4 is 5.97 Å². The van der Waals surface area contributed by atoms with Crippen molar-refractivity contribution in [2.24, 2.45) is 5.92 Å². The Bertz CT molecular complexity index is 420. The maximum absolute atomic E-state index is 11.1. The van der Waals surface area contributed by atoms with Crippen LogP contribution in [0.1, 0.15) is 37.3 Å². The van der Waals surface area contributed by atoms with E-state index < -0.39 is 5.97 Å². The molecule has 0 spiro atoms. The van der Waals surface area contributed by atoms with Gasteiger partial charge in [0.1, 0.15) is 0 Å². The summed E-state index contributed by atoms with van der Waals surface area (Å²) in [7, 11) is 0. The number of carboxylic acid groups (broad SMARTS) is 1. The zero-order valence-electron chi connectivity index (χ0n) is 10.0. The van der Waals surface area contributed by atoms with Crippen molar-refractivity contribution in [3.63, 3.8) is 0 Å². The minimum atomic E-state index is -0.749. The number of hydrogen-bond donors (Lipinski definition) is 1. The SMILES string of the molecule is CCCC[C@H](Cc1cccc(C#N)c1)C(=O)O. The number of unbranched alkanes of at least 4 members (excludes halogenated alkanes) is 1. The highest BCUT2D eigenvalue weighted by atomic mass is 16.4. The molecular formula is C14H17NO2. The molecule has 0 fully saturated rings. The zero-order valence-corrected chi connectivity index (χ0v) is 10.0. The molecule has 0 aromatic heterocycles. The van der Waals surface area contributed by atoms with Crippen LogP contribution in [0.25, 0.3) is 0 Å². The van der Waals surface area contributed by atoms with E-state index in [1.807, 2.05) is 6.07 Å². The molecule has 3 nitrogen and oxygen atoms in total. The van der Waals surface area contributed by atoms with Gasteiger partial charge < -0.3 is 5.11 Å². The van der Waals surface area contributed by atoms with E-state index in [1.165, 1.54) is 0 Å². The molecule has 1 atom stereocenters. The van der Waals surface area contributed by atoms with Crippen molar-refractivity contribution in [1.29, 1.82) is 5.26 Å². The lowest BCUT2D eigenvalue weighted by molar-refractivity contribution is -0.141. The number of hydrogen-bond acceptors (Lipinski definition) is 2. The summed E-state index contributed by atoms with van der Waals surface area (Å²) in [6.07, 6.45) is 3.13. The topological polar surface area (TPSA) is 61.1 Å². The number of nitrogens with zero attached hydrogens (tertiary/aromatic N) is 1. The van der Waals surface area contributed by atoms with E-state index in [0.29, 0.717) is 18.4 Å². The summed E-state index contributed by atoms with van der Waals surface area (Å²) in [6.45, 7) is 2.05. The second-order valence-electron chi connectivity index (χ2n) is 4.19. The summed E-state index contributed by atoms with van der Waals surface area (Å²) in [4.78, 5) is 11.1. The second-order valence-corrected chi connectivity index (χ2v) is 4.19. The predicted octanol–water partition coefficient (Wildman–Crippen LogP) is 2.99. The molecular weight excluding hydrogens is 214 g/mol. The first-order valence-electron chi connectivity index (χ1n) is 5.89. The summed E-state index contributed by atoms with van der Waals surface area (Å²) >= 11 is 0. The van der Waals surface area contributed by atoms with Gasteiger partial charge in [-0.25, -0.2) is 0 Å². The molecule has 1 aromatic carbocycles. The molecule has 0 unspecified atom stereocenters. The third-order valence-corrected chi connectivity index (χ3v) is 2.79. The van der Waals surface area contributed by atoms with Crippen LogP contribution in [0, 0.1) is 17.2 Å². The smallest absolute Gasteiger partial charge is 0.306 e. The van der Waals surface area contributed by atoms with Gasteiger partial charge in [0.2, 0.25) is 0 Å². The van der Waals surface area contributed by atoms with Gasteiger partial charge in [0, 0.05) is 0 Å². The quantitative estimate of drug-likeness (QED) is 0.818. The Morgan fingerprint density at radius 1 is 1.53 bits per heavy atom. The number of aliphatic carboxylic acids is 1. The van der Waals surface area contributed by atoms with E-state index in [1.54, 1.807) is 18.2 Å². The molecule has 17 heavy (non-hydrogen) atoms. The molecule has 1 rings (SSSR count). The fourth-order valence-corrected chi connectivity index (χ4v) is 1.82. The van der Waals surface area contributed by atoms with Gasteiger partial charge in [-0.05, 0) is 30.5 Å². The Labute approximate surface area is 102 Å². The van der Waals surface area contributed by atoms with E-state index in [0.717, 1.165) is 18.4 Å². The Hall–Kier alpha value is -1.82. The number of nitriles is 1. The fraction of sp³-hybridized carbons (Fsp3) is 0.429.